The number of rotatable bonds is 10. The van der Waals surface area contributed by atoms with Crippen LogP contribution in [0.25, 0.3) is 0 Å². The molecule has 0 aromatic heterocycles. The van der Waals surface area contributed by atoms with Crippen LogP contribution in [0.4, 0.5) is 4.39 Å². The van der Waals surface area contributed by atoms with Crippen molar-refractivity contribution in [1.29, 1.82) is 0 Å². The van der Waals surface area contributed by atoms with Gasteiger partial charge in [-0.3, -0.25) is 9.59 Å². The summed E-state index contributed by atoms with van der Waals surface area (Å²) in [5.74, 6) is 0.206. The van der Waals surface area contributed by atoms with Crippen molar-refractivity contribution in [2.75, 3.05) is 12.3 Å². The minimum Gasteiger partial charge on any atom is -0.352 e. The minimum absolute atomic E-state index is 0.0857. The van der Waals surface area contributed by atoms with Crippen LogP contribution in [0.5, 0.6) is 0 Å². The summed E-state index contributed by atoms with van der Waals surface area (Å²) < 4.78 is 13.9. The molecule has 0 radical (unpaired) electrons. The maximum Gasteiger partial charge on any atom is 0.242 e. The van der Waals surface area contributed by atoms with Crippen molar-refractivity contribution >= 4 is 23.6 Å². The van der Waals surface area contributed by atoms with Crippen LogP contribution < -0.4 is 5.32 Å². The standard InChI is InChI=1S/C26H33FN2O2S/c1-20(26(31)28-23-13-6-3-7-14-23)29(17-16-21-10-4-2-5-11-21)25(30)19-32-18-22-12-8-9-15-24(22)27/h2,4-5,8-12,15,20,23H,3,6-7,13-14,16-19H2,1H3,(H,28,31)/t20-/m0/s1. The Balaban J connectivity index is 1.60. The van der Waals surface area contributed by atoms with Gasteiger partial charge in [0, 0.05) is 18.3 Å². The molecule has 1 aliphatic carbocycles. The van der Waals surface area contributed by atoms with Crippen molar-refractivity contribution in [3.63, 3.8) is 0 Å². The molecule has 172 valence electrons. The monoisotopic (exact) mass is 456 g/mol. The van der Waals surface area contributed by atoms with E-state index in [1.54, 1.807) is 23.1 Å². The quantitative estimate of drug-likeness (QED) is 0.549. The van der Waals surface area contributed by atoms with Crippen molar-refractivity contribution in [1.82, 2.24) is 10.2 Å². The van der Waals surface area contributed by atoms with Crippen LogP contribution in [0, 0.1) is 5.82 Å². The average Bonchev–Trinajstić information content (AvgIpc) is 2.81. The first-order valence-electron chi connectivity index (χ1n) is 11.5. The third kappa shape index (κ3) is 7.37. The lowest BCUT2D eigenvalue weighted by Gasteiger charge is -2.31. The van der Waals surface area contributed by atoms with Crippen LogP contribution in [-0.2, 0) is 21.8 Å². The maximum absolute atomic E-state index is 13.9. The third-order valence-corrected chi connectivity index (χ3v) is 7.01. The van der Waals surface area contributed by atoms with Gasteiger partial charge >= 0.3 is 0 Å². The van der Waals surface area contributed by atoms with Crippen LogP contribution >= 0.6 is 11.8 Å². The molecule has 1 fully saturated rings. The van der Waals surface area contributed by atoms with Crippen LogP contribution in [0.2, 0.25) is 0 Å². The molecular formula is C26H33FN2O2S. The largest absolute Gasteiger partial charge is 0.352 e. The fraction of sp³-hybridized carbons (Fsp3) is 0.462. The van der Waals surface area contributed by atoms with Crippen molar-refractivity contribution < 1.29 is 14.0 Å². The highest BCUT2D eigenvalue weighted by molar-refractivity contribution is 7.99. The fourth-order valence-electron chi connectivity index (χ4n) is 4.09. The van der Waals surface area contributed by atoms with E-state index in [4.69, 9.17) is 0 Å². The van der Waals surface area contributed by atoms with Crippen LogP contribution in [-0.4, -0.2) is 41.1 Å². The minimum atomic E-state index is -0.540. The van der Waals surface area contributed by atoms with E-state index in [1.807, 2.05) is 37.3 Å². The first-order chi connectivity index (χ1) is 15.5. The number of amides is 2. The Labute approximate surface area is 195 Å². The molecule has 1 N–H and O–H groups in total. The Kier molecular flexibility index (Phi) is 9.60. The smallest absolute Gasteiger partial charge is 0.242 e. The van der Waals surface area contributed by atoms with Gasteiger partial charge < -0.3 is 10.2 Å². The van der Waals surface area contributed by atoms with Gasteiger partial charge in [0.1, 0.15) is 11.9 Å². The number of carbonyl (C=O) groups excluding carboxylic acids is 2. The molecular weight excluding hydrogens is 423 g/mol. The lowest BCUT2D eigenvalue weighted by Crippen LogP contribution is -2.51. The van der Waals surface area contributed by atoms with Crippen molar-refractivity contribution in [3.8, 4) is 0 Å². The summed E-state index contributed by atoms with van der Waals surface area (Å²) >= 11 is 1.38. The predicted molar refractivity (Wildman–Crippen MR) is 129 cm³/mol. The molecule has 0 saturated heterocycles. The van der Waals surface area contributed by atoms with Gasteiger partial charge in [0.05, 0.1) is 5.75 Å². The van der Waals surface area contributed by atoms with Crippen LogP contribution in [0.1, 0.15) is 50.2 Å². The Bertz CT molecular complexity index is 871. The zero-order valence-electron chi connectivity index (χ0n) is 18.8. The molecule has 2 aromatic rings. The van der Waals surface area contributed by atoms with Gasteiger partial charge in [-0.15, -0.1) is 11.8 Å². The summed E-state index contributed by atoms with van der Waals surface area (Å²) in [6.45, 7) is 2.28. The van der Waals surface area contributed by atoms with Crippen molar-refractivity contribution in [2.24, 2.45) is 0 Å². The highest BCUT2D eigenvalue weighted by atomic mass is 32.2. The summed E-state index contributed by atoms with van der Waals surface area (Å²) in [6, 6.07) is 16.3. The number of hydrogen-bond acceptors (Lipinski definition) is 3. The summed E-state index contributed by atoms with van der Waals surface area (Å²) in [5.41, 5.74) is 1.72. The van der Waals surface area contributed by atoms with Gasteiger partial charge in [-0.2, -0.15) is 0 Å². The molecule has 3 rings (SSSR count). The molecule has 1 atom stereocenters. The van der Waals surface area contributed by atoms with E-state index < -0.39 is 6.04 Å². The Morgan fingerprint density at radius 1 is 1.06 bits per heavy atom. The number of thioether (sulfide) groups is 1. The van der Waals surface area contributed by atoms with E-state index in [0.717, 1.165) is 31.2 Å². The number of carbonyl (C=O) groups is 2. The van der Waals surface area contributed by atoms with Gasteiger partial charge in [0.15, 0.2) is 0 Å². The van der Waals surface area contributed by atoms with Gasteiger partial charge in [-0.1, -0.05) is 67.8 Å². The van der Waals surface area contributed by atoms with E-state index in [1.165, 1.54) is 24.2 Å². The lowest BCUT2D eigenvalue weighted by molar-refractivity contribution is -0.138. The molecule has 6 heteroatoms. The van der Waals surface area contributed by atoms with Gasteiger partial charge in [0.2, 0.25) is 11.8 Å². The molecule has 0 spiro atoms. The highest BCUT2D eigenvalue weighted by Gasteiger charge is 2.27. The molecule has 4 nitrogen and oxygen atoms in total. The third-order valence-electron chi connectivity index (χ3n) is 6.04. The summed E-state index contributed by atoms with van der Waals surface area (Å²) in [4.78, 5) is 27.7. The number of halogens is 1. The molecule has 32 heavy (non-hydrogen) atoms. The zero-order chi connectivity index (χ0) is 22.8. The molecule has 1 saturated carbocycles. The van der Waals surface area contributed by atoms with Crippen LogP contribution in [0.3, 0.4) is 0 Å². The normalized spacial score (nSPS) is 15.2. The molecule has 0 heterocycles. The summed E-state index contributed by atoms with van der Waals surface area (Å²) in [5, 5.41) is 3.15. The molecule has 2 aromatic carbocycles. The van der Waals surface area contributed by atoms with E-state index >= 15 is 0 Å². The second kappa shape index (κ2) is 12.6. The van der Waals surface area contributed by atoms with Crippen molar-refractivity contribution in [2.45, 2.75) is 63.3 Å². The molecule has 1 aliphatic rings. The number of nitrogens with one attached hydrogen (secondary N) is 1. The molecule has 0 aliphatic heterocycles. The first-order valence-corrected chi connectivity index (χ1v) is 12.6. The summed E-state index contributed by atoms with van der Waals surface area (Å²) in [6.07, 6.45) is 6.21. The van der Waals surface area contributed by atoms with E-state index in [9.17, 15) is 14.0 Å². The van der Waals surface area contributed by atoms with E-state index in [0.29, 0.717) is 24.3 Å². The second-order valence-electron chi connectivity index (χ2n) is 8.43. The lowest BCUT2D eigenvalue weighted by atomic mass is 9.95. The first kappa shape index (κ1) is 24.3. The van der Waals surface area contributed by atoms with Gasteiger partial charge in [-0.25, -0.2) is 4.39 Å². The Hall–Kier alpha value is -2.34. The molecule has 0 bridgehead atoms. The molecule has 0 unspecified atom stereocenters. The predicted octanol–water partition coefficient (Wildman–Crippen LogP) is 4.97. The van der Waals surface area contributed by atoms with E-state index in [2.05, 4.69) is 5.32 Å². The Morgan fingerprint density at radius 3 is 2.47 bits per heavy atom. The highest BCUT2D eigenvalue weighted by Crippen LogP contribution is 2.19. The topological polar surface area (TPSA) is 49.4 Å². The molecule has 2 amide bonds. The van der Waals surface area contributed by atoms with Crippen LogP contribution in [0.15, 0.2) is 54.6 Å². The van der Waals surface area contributed by atoms with Gasteiger partial charge in [0.25, 0.3) is 0 Å². The maximum atomic E-state index is 13.9. The van der Waals surface area contributed by atoms with Crippen molar-refractivity contribution in [3.05, 3.63) is 71.5 Å². The number of hydrogen-bond donors (Lipinski definition) is 1. The second-order valence-corrected chi connectivity index (χ2v) is 9.41. The number of nitrogens with zero attached hydrogens (tertiary/aromatic N) is 1. The Morgan fingerprint density at radius 2 is 1.75 bits per heavy atom. The average molecular weight is 457 g/mol. The summed E-state index contributed by atoms with van der Waals surface area (Å²) in [7, 11) is 0. The SMILES string of the molecule is C[C@@H](C(=O)NC1CCCCC1)N(CCc1ccccc1)C(=O)CSCc1ccccc1F. The fourth-order valence-corrected chi connectivity index (χ4v) is 4.98. The zero-order valence-corrected chi connectivity index (χ0v) is 19.6. The number of benzene rings is 2. The van der Waals surface area contributed by atoms with E-state index in [-0.39, 0.29) is 29.4 Å². The van der Waals surface area contributed by atoms with Gasteiger partial charge in [-0.05, 0) is 43.4 Å².